The number of alkyl halides is 6. The summed E-state index contributed by atoms with van der Waals surface area (Å²) < 4.78 is 79.3. The molecule has 1 amide bonds. The third kappa shape index (κ3) is 3.61. The molecule has 1 aromatic rings. The van der Waals surface area contributed by atoms with Crippen LogP contribution in [0.1, 0.15) is 21.5 Å². The zero-order valence-corrected chi connectivity index (χ0v) is 17.4. The van der Waals surface area contributed by atoms with Gasteiger partial charge in [0.1, 0.15) is 18.1 Å². The van der Waals surface area contributed by atoms with Crippen molar-refractivity contribution in [2.45, 2.75) is 41.9 Å². The molecule has 4 rings (SSSR count). The number of hydrogen-bond donors (Lipinski definition) is 7. The molecule has 11 nitrogen and oxygen atoms in total. The van der Waals surface area contributed by atoms with Crippen molar-refractivity contribution in [3.63, 3.8) is 0 Å². The zero-order valence-electron chi connectivity index (χ0n) is 17.4. The summed E-state index contributed by atoms with van der Waals surface area (Å²) >= 11 is 0. The van der Waals surface area contributed by atoms with Gasteiger partial charge in [0.25, 0.3) is 5.91 Å². The number of halogens is 6. The van der Waals surface area contributed by atoms with E-state index in [0.29, 0.717) is 12.1 Å². The lowest BCUT2D eigenvalue weighted by Crippen LogP contribution is -2.78. The second kappa shape index (κ2) is 7.59. The highest BCUT2D eigenvalue weighted by Gasteiger charge is 2.73. The maximum absolute atomic E-state index is 13.5. The molecule has 1 saturated heterocycles. The number of nitrogens with two attached hydrogens (primary N) is 2. The largest absolute Gasteiger partial charge is 0.417 e. The zero-order chi connectivity index (χ0) is 26.1. The Balaban J connectivity index is 1.70. The van der Waals surface area contributed by atoms with Crippen molar-refractivity contribution in [1.82, 2.24) is 15.5 Å². The highest BCUT2D eigenvalue weighted by molar-refractivity contribution is 5.96. The molecule has 1 fully saturated rings. The molecule has 9 N–H and O–H groups in total. The van der Waals surface area contributed by atoms with Gasteiger partial charge in [0.05, 0.1) is 23.3 Å². The predicted molar refractivity (Wildman–Crippen MR) is 105 cm³/mol. The van der Waals surface area contributed by atoms with E-state index >= 15 is 0 Å². The summed E-state index contributed by atoms with van der Waals surface area (Å²) in [6, 6.07) is -3.64. The maximum Gasteiger partial charge on any atom is 0.417 e. The first-order valence-corrected chi connectivity index (χ1v) is 9.91. The van der Waals surface area contributed by atoms with Crippen LogP contribution in [0.3, 0.4) is 0 Å². The number of benzene rings is 1. The molecule has 4 atom stereocenters. The van der Waals surface area contributed by atoms with Crippen LogP contribution >= 0.6 is 0 Å². The minimum Gasteiger partial charge on any atom is -0.394 e. The molecule has 0 radical (unpaired) electrons. The lowest BCUT2D eigenvalue weighted by molar-refractivity contribution is -0.231. The third-order valence-electron chi connectivity index (χ3n) is 6.19. The lowest BCUT2D eigenvalue weighted by Gasteiger charge is -2.48. The second-order valence-corrected chi connectivity index (χ2v) is 8.21. The molecule has 3 aliphatic heterocycles. The highest BCUT2D eigenvalue weighted by Crippen LogP contribution is 2.45. The smallest absolute Gasteiger partial charge is 0.394 e. The Labute approximate surface area is 192 Å². The fourth-order valence-corrected chi connectivity index (χ4v) is 4.62. The minimum atomic E-state index is -5.33. The molecule has 0 aliphatic carbocycles. The summed E-state index contributed by atoms with van der Waals surface area (Å²) in [7, 11) is 0. The van der Waals surface area contributed by atoms with Crippen LogP contribution in [0.15, 0.2) is 28.2 Å². The van der Waals surface area contributed by atoms with Gasteiger partial charge in [-0.3, -0.25) is 4.79 Å². The first-order valence-electron chi connectivity index (χ1n) is 9.91. The third-order valence-corrected chi connectivity index (χ3v) is 6.19. The molecule has 35 heavy (non-hydrogen) atoms. The fourth-order valence-electron chi connectivity index (χ4n) is 4.62. The molecule has 0 bridgehead atoms. The monoisotopic (exact) mass is 511 g/mol. The van der Waals surface area contributed by atoms with Crippen LogP contribution in [0.5, 0.6) is 0 Å². The number of carbonyl (C=O) groups excluding carboxylic acids is 1. The number of aliphatic imine (C=N–C) groups is 2. The Morgan fingerprint density at radius 2 is 1.83 bits per heavy atom. The van der Waals surface area contributed by atoms with Crippen molar-refractivity contribution in [3.05, 3.63) is 34.9 Å². The van der Waals surface area contributed by atoms with Gasteiger partial charge < -0.3 is 42.3 Å². The highest BCUT2D eigenvalue weighted by atomic mass is 19.4. The quantitative estimate of drug-likeness (QED) is 0.189. The average molecular weight is 511 g/mol. The van der Waals surface area contributed by atoms with E-state index in [-0.39, 0.29) is 18.0 Å². The normalized spacial score (nSPS) is 29.6. The average Bonchev–Trinajstić information content (AvgIpc) is 3.20. The number of rotatable bonds is 3. The molecule has 1 aromatic carbocycles. The Hall–Kier alpha value is -3.31. The lowest BCUT2D eigenvalue weighted by atomic mass is 9.85. The van der Waals surface area contributed by atoms with E-state index in [0.717, 1.165) is 4.90 Å². The number of carbonyl (C=O) groups is 1. The summed E-state index contributed by atoms with van der Waals surface area (Å²) in [5.74, 6) is -5.13. The van der Waals surface area contributed by atoms with Crippen molar-refractivity contribution in [2.75, 3.05) is 13.2 Å². The van der Waals surface area contributed by atoms with Gasteiger partial charge in [-0.15, -0.1) is 0 Å². The molecule has 3 heterocycles. The molecule has 0 aromatic heterocycles. The van der Waals surface area contributed by atoms with Crippen molar-refractivity contribution in [2.24, 2.45) is 21.5 Å². The maximum atomic E-state index is 13.5. The van der Waals surface area contributed by atoms with E-state index in [1.807, 2.05) is 5.32 Å². The van der Waals surface area contributed by atoms with Gasteiger partial charge in [-0.2, -0.15) is 26.3 Å². The molecule has 17 heteroatoms. The topological polar surface area (TPSA) is 182 Å². The molecule has 0 unspecified atom stereocenters. The van der Waals surface area contributed by atoms with Crippen molar-refractivity contribution >= 4 is 17.8 Å². The van der Waals surface area contributed by atoms with Crippen LogP contribution in [0, 0.1) is 0 Å². The number of nitrogens with zero attached hydrogens (tertiary/aromatic N) is 3. The van der Waals surface area contributed by atoms with E-state index in [4.69, 9.17) is 11.5 Å². The standard InChI is InChI=1S/C18H19F6N7O4/c19-17(20,21)6-1-2-7(8(3-6)18(22,23)24)12(33)28-10-4-31-14(26)27-9(5-32)11-15(31,16(10,34)35)30-13(25)29-11/h1-3,9-11,32,34-35H,4-5H2,(H2,26,27)(H,28,33)(H3,25,29,30)/t9-,10-,11-,15-/m0/s1. The van der Waals surface area contributed by atoms with Crippen molar-refractivity contribution in [3.8, 4) is 0 Å². The molecule has 1 spiro atoms. The summed E-state index contributed by atoms with van der Waals surface area (Å²) in [5, 5.41) is 36.4. The Morgan fingerprint density at radius 1 is 1.17 bits per heavy atom. The summed E-state index contributed by atoms with van der Waals surface area (Å²) in [6.45, 7) is -1.15. The first kappa shape index (κ1) is 24.8. The van der Waals surface area contributed by atoms with E-state index in [2.05, 4.69) is 15.3 Å². The van der Waals surface area contributed by atoms with Gasteiger partial charge in [-0.05, 0) is 18.2 Å². The number of hydrogen-bond acceptors (Lipinski definition) is 10. The number of aliphatic hydroxyl groups is 3. The number of guanidine groups is 2. The second-order valence-electron chi connectivity index (χ2n) is 8.21. The molecular weight excluding hydrogens is 492 g/mol. The molecule has 192 valence electrons. The van der Waals surface area contributed by atoms with E-state index in [1.54, 1.807) is 0 Å². The summed E-state index contributed by atoms with van der Waals surface area (Å²) in [6.07, 6.45) is -10.4. The minimum absolute atomic E-state index is 0.212. The number of aliphatic hydroxyl groups excluding tert-OH is 1. The number of amides is 1. The van der Waals surface area contributed by atoms with Gasteiger partial charge in [0, 0.05) is 6.54 Å². The predicted octanol–water partition coefficient (Wildman–Crippen LogP) is -1.51. The van der Waals surface area contributed by atoms with Crippen LogP contribution in [-0.2, 0) is 12.4 Å². The van der Waals surface area contributed by atoms with Crippen LogP contribution in [0.4, 0.5) is 26.3 Å². The van der Waals surface area contributed by atoms with Crippen LogP contribution in [0.25, 0.3) is 0 Å². The molecular formula is C18H19F6N7O4. The molecule has 3 aliphatic rings. The van der Waals surface area contributed by atoms with Crippen molar-refractivity contribution in [1.29, 1.82) is 0 Å². The Morgan fingerprint density at radius 3 is 2.40 bits per heavy atom. The van der Waals surface area contributed by atoms with E-state index in [1.165, 1.54) is 0 Å². The Bertz CT molecular complexity index is 1120. The van der Waals surface area contributed by atoms with Gasteiger partial charge in [0.15, 0.2) is 17.6 Å². The van der Waals surface area contributed by atoms with Crippen LogP contribution < -0.4 is 22.1 Å². The van der Waals surface area contributed by atoms with Crippen molar-refractivity contribution < 1.29 is 46.5 Å². The molecule has 0 saturated carbocycles. The van der Waals surface area contributed by atoms with Gasteiger partial charge in [0.2, 0.25) is 5.79 Å². The van der Waals surface area contributed by atoms with E-state index in [9.17, 15) is 46.5 Å². The van der Waals surface area contributed by atoms with E-state index < -0.39 is 77.7 Å². The first-order chi connectivity index (χ1) is 16.0. The van der Waals surface area contributed by atoms with Gasteiger partial charge >= 0.3 is 12.4 Å². The fraction of sp³-hybridized carbons (Fsp3) is 0.500. The van der Waals surface area contributed by atoms with Gasteiger partial charge in [-0.25, -0.2) is 9.98 Å². The summed E-state index contributed by atoms with van der Waals surface area (Å²) in [5.41, 5.74) is 4.86. The summed E-state index contributed by atoms with van der Waals surface area (Å²) in [4.78, 5) is 21.9. The Kier molecular flexibility index (Phi) is 5.38. The number of nitrogens with one attached hydrogen (secondary N) is 2. The van der Waals surface area contributed by atoms with Crippen LogP contribution in [0.2, 0.25) is 0 Å². The SMILES string of the molecule is NC1=N[C@H]2[C@H](CO)N=C(N)N3C[C@H](NC(=O)c4ccc(C(F)(F)F)cc4C(F)(F)F)C(O)(O)[C@]23N1. The van der Waals surface area contributed by atoms with Crippen LogP contribution in [-0.4, -0.2) is 80.8 Å². The van der Waals surface area contributed by atoms with Gasteiger partial charge in [-0.1, -0.05) is 0 Å².